The Morgan fingerprint density at radius 1 is 1.38 bits per heavy atom. The minimum atomic E-state index is 0.715. The molecule has 1 aromatic carbocycles. The predicted molar refractivity (Wildman–Crippen MR) is 72.2 cm³/mol. The molecule has 2 rings (SSSR count). The first-order chi connectivity index (χ1) is 7.66. The number of nitrogens with one attached hydrogen (secondary N) is 1. The van der Waals surface area contributed by atoms with Crippen molar-refractivity contribution >= 4 is 34.3 Å². The molecule has 0 spiro atoms. The second kappa shape index (κ2) is 4.76. The quantitative estimate of drug-likeness (QED) is 0.869. The van der Waals surface area contributed by atoms with E-state index in [1.54, 1.807) is 11.3 Å². The summed E-state index contributed by atoms with van der Waals surface area (Å²) in [5.74, 6) is 0. The van der Waals surface area contributed by atoms with Crippen molar-refractivity contribution in [3.63, 3.8) is 0 Å². The van der Waals surface area contributed by atoms with Crippen LogP contribution >= 0.6 is 22.9 Å². The lowest BCUT2D eigenvalue weighted by atomic mass is 10.2. The van der Waals surface area contributed by atoms with Crippen molar-refractivity contribution in [2.75, 3.05) is 11.1 Å². The summed E-state index contributed by atoms with van der Waals surface area (Å²) >= 11 is 7.73. The van der Waals surface area contributed by atoms with Crippen LogP contribution < -0.4 is 11.1 Å². The fraction of sp³-hybridized carbons (Fsp3) is 0.167. The van der Waals surface area contributed by atoms with Gasteiger partial charge in [0.25, 0.3) is 0 Å². The Labute approximate surface area is 104 Å². The van der Waals surface area contributed by atoms with E-state index in [0.717, 1.165) is 21.3 Å². The van der Waals surface area contributed by atoms with Crippen LogP contribution in [-0.4, -0.2) is 0 Å². The van der Waals surface area contributed by atoms with Crippen LogP contribution in [0.4, 0.5) is 11.4 Å². The zero-order chi connectivity index (χ0) is 11.5. The van der Waals surface area contributed by atoms with Gasteiger partial charge >= 0.3 is 0 Å². The molecular weight excluding hydrogens is 240 g/mol. The van der Waals surface area contributed by atoms with E-state index in [4.69, 9.17) is 17.3 Å². The van der Waals surface area contributed by atoms with Gasteiger partial charge in [-0.15, -0.1) is 11.3 Å². The summed E-state index contributed by atoms with van der Waals surface area (Å²) in [6.07, 6.45) is 0. The molecular formula is C12H13ClN2S. The van der Waals surface area contributed by atoms with Crippen LogP contribution in [0.15, 0.2) is 29.6 Å². The summed E-state index contributed by atoms with van der Waals surface area (Å²) in [5.41, 5.74) is 8.78. The molecule has 2 nitrogen and oxygen atoms in total. The van der Waals surface area contributed by atoms with Gasteiger partial charge in [0.1, 0.15) is 0 Å². The fourth-order valence-electron chi connectivity index (χ4n) is 1.44. The van der Waals surface area contributed by atoms with Gasteiger partial charge in [-0.3, -0.25) is 0 Å². The highest BCUT2D eigenvalue weighted by Crippen LogP contribution is 2.25. The van der Waals surface area contributed by atoms with Gasteiger partial charge in [0, 0.05) is 10.6 Å². The molecule has 4 heteroatoms. The molecule has 0 atom stereocenters. The molecule has 0 aliphatic rings. The second-order valence-electron chi connectivity index (χ2n) is 3.64. The van der Waals surface area contributed by atoms with Crippen LogP contribution in [0.3, 0.4) is 0 Å². The molecule has 0 fully saturated rings. The number of nitrogen functional groups attached to an aromatic ring is 1. The number of halogens is 1. The van der Waals surface area contributed by atoms with Crippen LogP contribution in [-0.2, 0) is 6.54 Å². The minimum Gasteiger partial charge on any atom is -0.398 e. The Bertz CT molecular complexity index is 494. The molecule has 84 valence electrons. The Balaban J connectivity index is 2.10. The van der Waals surface area contributed by atoms with Crippen molar-refractivity contribution in [1.82, 2.24) is 0 Å². The lowest BCUT2D eigenvalue weighted by Gasteiger charge is -2.08. The second-order valence-corrected chi connectivity index (χ2v) is 5.04. The van der Waals surface area contributed by atoms with Crippen molar-refractivity contribution in [2.45, 2.75) is 13.5 Å². The van der Waals surface area contributed by atoms with Gasteiger partial charge in [-0.25, -0.2) is 0 Å². The van der Waals surface area contributed by atoms with Crippen LogP contribution in [0.1, 0.15) is 10.4 Å². The summed E-state index contributed by atoms with van der Waals surface area (Å²) in [7, 11) is 0. The molecule has 1 heterocycles. The first kappa shape index (κ1) is 11.3. The Morgan fingerprint density at radius 2 is 2.19 bits per heavy atom. The zero-order valence-electron chi connectivity index (χ0n) is 8.96. The molecule has 0 aliphatic carbocycles. The lowest BCUT2D eigenvalue weighted by Crippen LogP contribution is -2.00. The van der Waals surface area contributed by atoms with Gasteiger partial charge in [0.15, 0.2) is 0 Å². The third-order valence-electron chi connectivity index (χ3n) is 2.34. The van der Waals surface area contributed by atoms with Gasteiger partial charge in [-0.2, -0.15) is 0 Å². The highest BCUT2D eigenvalue weighted by atomic mass is 35.5. The van der Waals surface area contributed by atoms with Gasteiger partial charge in [0.05, 0.1) is 17.3 Å². The zero-order valence-corrected chi connectivity index (χ0v) is 10.5. The maximum Gasteiger partial charge on any atom is 0.0637 e. The van der Waals surface area contributed by atoms with E-state index in [9.17, 15) is 0 Å². The average Bonchev–Trinajstić information content (AvgIpc) is 2.66. The van der Waals surface area contributed by atoms with Crippen molar-refractivity contribution in [3.05, 3.63) is 45.1 Å². The largest absolute Gasteiger partial charge is 0.398 e. The number of rotatable bonds is 3. The van der Waals surface area contributed by atoms with Crippen LogP contribution in [0.5, 0.6) is 0 Å². The molecule has 1 aromatic heterocycles. The van der Waals surface area contributed by atoms with Crippen molar-refractivity contribution in [3.8, 4) is 0 Å². The summed E-state index contributed by atoms with van der Waals surface area (Å²) in [4.78, 5) is 1.14. The fourth-order valence-corrected chi connectivity index (χ4v) is 2.37. The highest BCUT2D eigenvalue weighted by Gasteiger charge is 2.03. The molecule has 0 saturated carbocycles. The number of nitrogens with two attached hydrogens (primary N) is 1. The van der Waals surface area contributed by atoms with Crippen molar-refractivity contribution in [1.29, 1.82) is 0 Å². The van der Waals surface area contributed by atoms with E-state index in [1.807, 2.05) is 36.6 Å². The molecule has 3 N–H and O–H groups in total. The van der Waals surface area contributed by atoms with E-state index in [-0.39, 0.29) is 0 Å². The monoisotopic (exact) mass is 252 g/mol. The van der Waals surface area contributed by atoms with Gasteiger partial charge in [-0.05, 0) is 36.1 Å². The first-order valence-electron chi connectivity index (χ1n) is 4.98. The number of anilines is 2. The van der Waals surface area contributed by atoms with Crippen LogP contribution in [0.25, 0.3) is 0 Å². The third kappa shape index (κ3) is 2.49. The van der Waals surface area contributed by atoms with Gasteiger partial charge < -0.3 is 11.1 Å². The van der Waals surface area contributed by atoms with E-state index in [0.29, 0.717) is 6.54 Å². The molecule has 0 radical (unpaired) electrons. The molecule has 0 bridgehead atoms. The Hall–Kier alpha value is -1.19. The van der Waals surface area contributed by atoms with E-state index in [2.05, 4.69) is 5.32 Å². The molecule has 0 unspecified atom stereocenters. The van der Waals surface area contributed by atoms with E-state index >= 15 is 0 Å². The minimum absolute atomic E-state index is 0.715. The average molecular weight is 253 g/mol. The summed E-state index contributed by atoms with van der Waals surface area (Å²) < 4.78 is 0. The molecule has 2 aromatic rings. The highest BCUT2D eigenvalue weighted by molar-refractivity contribution is 7.10. The van der Waals surface area contributed by atoms with Crippen LogP contribution in [0.2, 0.25) is 5.02 Å². The Kier molecular flexibility index (Phi) is 3.36. The first-order valence-corrected chi connectivity index (χ1v) is 6.24. The number of hydrogen-bond donors (Lipinski definition) is 2. The van der Waals surface area contributed by atoms with E-state index in [1.165, 1.54) is 5.56 Å². The topological polar surface area (TPSA) is 38.0 Å². The van der Waals surface area contributed by atoms with Crippen LogP contribution in [0, 0.1) is 6.92 Å². The van der Waals surface area contributed by atoms with E-state index < -0.39 is 0 Å². The standard InChI is InChI=1S/C12H13ClN2S/c1-8-2-3-9(13)11(6-8)15-7-12-10(14)4-5-16-12/h2-6,15H,7,14H2,1H3. The molecule has 0 aliphatic heterocycles. The predicted octanol–water partition coefficient (Wildman–Crippen LogP) is 3.90. The summed E-state index contributed by atoms with van der Waals surface area (Å²) in [6, 6.07) is 7.84. The number of thiophene rings is 1. The maximum absolute atomic E-state index is 6.09. The third-order valence-corrected chi connectivity index (χ3v) is 3.61. The number of benzene rings is 1. The normalized spacial score (nSPS) is 10.4. The number of aryl methyl sites for hydroxylation is 1. The van der Waals surface area contributed by atoms with Crippen molar-refractivity contribution in [2.24, 2.45) is 0 Å². The maximum atomic E-state index is 6.09. The number of hydrogen-bond acceptors (Lipinski definition) is 3. The molecule has 16 heavy (non-hydrogen) atoms. The van der Waals surface area contributed by atoms with Crippen molar-refractivity contribution < 1.29 is 0 Å². The summed E-state index contributed by atoms with van der Waals surface area (Å²) in [6.45, 7) is 2.76. The lowest BCUT2D eigenvalue weighted by molar-refractivity contribution is 1.19. The SMILES string of the molecule is Cc1ccc(Cl)c(NCc2sccc2N)c1. The Morgan fingerprint density at radius 3 is 2.88 bits per heavy atom. The smallest absolute Gasteiger partial charge is 0.0637 e. The van der Waals surface area contributed by atoms with Gasteiger partial charge in [0.2, 0.25) is 0 Å². The molecule has 0 amide bonds. The molecule has 0 saturated heterocycles. The summed E-state index contributed by atoms with van der Waals surface area (Å²) in [5, 5.41) is 6.02. The van der Waals surface area contributed by atoms with Gasteiger partial charge in [-0.1, -0.05) is 17.7 Å².